The SMILES string of the molecule is CCOCCNC(=O)C(C#N)c1ccccc1. The molecule has 1 aromatic rings. The van der Waals surface area contributed by atoms with Gasteiger partial charge in [-0.1, -0.05) is 30.3 Å². The Morgan fingerprint density at radius 2 is 2.18 bits per heavy atom. The number of hydrogen-bond acceptors (Lipinski definition) is 3. The average molecular weight is 232 g/mol. The van der Waals surface area contributed by atoms with Gasteiger partial charge in [0.1, 0.15) is 5.92 Å². The first-order valence-corrected chi connectivity index (χ1v) is 5.59. The second-order valence-electron chi connectivity index (χ2n) is 3.46. The highest BCUT2D eigenvalue weighted by Gasteiger charge is 2.18. The number of ether oxygens (including phenoxy) is 1. The van der Waals surface area contributed by atoms with Crippen LogP contribution in [0.2, 0.25) is 0 Å². The molecule has 0 aromatic heterocycles. The fraction of sp³-hybridized carbons (Fsp3) is 0.385. The molecule has 4 heteroatoms. The van der Waals surface area contributed by atoms with Crippen LogP contribution < -0.4 is 5.32 Å². The number of hydrogen-bond donors (Lipinski definition) is 1. The van der Waals surface area contributed by atoms with Gasteiger partial charge in [0.2, 0.25) is 5.91 Å². The summed E-state index contributed by atoms with van der Waals surface area (Å²) in [4.78, 5) is 11.7. The molecule has 1 amide bonds. The van der Waals surface area contributed by atoms with E-state index >= 15 is 0 Å². The smallest absolute Gasteiger partial charge is 0.241 e. The molecule has 1 atom stereocenters. The lowest BCUT2D eigenvalue weighted by molar-refractivity contribution is -0.121. The number of rotatable bonds is 6. The third-order valence-electron chi connectivity index (χ3n) is 2.27. The average Bonchev–Trinajstić information content (AvgIpc) is 2.37. The molecule has 1 N–H and O–H groups in total. The number of nitrogens with one attached hydrogen (secondary N) is 1. The van der Waals surface area contributed by atoms with Crippen LogP contribution in [0.5, 0.6) is 0 Å². The molecule has 0 aliphatic heterocycles. The summed E-state index contributed by atoms with van der Waals surface area (Å²) in [5.74, 6) is -1.03. The van der Waals surface area contributed by atoms with Gasteiger partial charge in [0.25, 0.3) is 0 Å². The summed E-state index contributed by atoms with van der Waals surface area (Å²) in [5, 5.41) is 11.7. The minimum Gasteiger partial charge on any atom is -0.380 e. The Morgan fingerprint density at radius 1 is 1.47 bits per heavy atom. The van der Waals surface area contributed by atoms with Gasteiger partial charge >= 0.3 is 0 Å². The Bertz CT molecular complexity index is 384. The van der Waals surface area contributed by atoms with Gasteiger partial charge in [0.05, 0.1) is 12.7 Å². The molecule has 4 nitrogen and oxygen atoms in total. The van der Waals surface area contributed by atoms with Gasteiger partial charge in [-0.05, 0) is 12.5 Å². The van der Waals surface area contributed by atoms with E-state index in [0.717, 1.165) is 0 Å². The number of carbonyl (C=O) groups is 1. The van der Waals surface area contributed by atoms with Crippen molar-refractivity contribution in [1.82, 2.24) is 5.32 Å². The largest absolute Gasteiger partial charge is 0.380 e. The molecule has 0 spiro atoms. The zero-order valence-corrected chi connectivity index (χ0v) is 9.85. The van der Waals surface area contributed by atoms with E-state index in [1.807, 2.05) is 31.2 Å². The minimum absolute atomic E-state index is 0.279. The standard InChI is InChI=1S/C13H16N2O2/c1-2-17-9-8-15-13(16)12(10-14)11-6-4-3-5-7-11/h3-7,12H,2,8-9H2,1H3,(H,15,16). The molecule has 1 rings (SSSR count). The molecule has 0 aliphatic carbocycles. The van der Waals surface area contributed by atoms with E-state index in [1.165, 1.54) is 0 Å². The lowest BCUT2D eigenvalue weighted by atomic mass is 10.00. The molecule has 0 aliphatic rings. The second kappa shape index (κ2) is 7.42. The van der Waals surface area contributed by atoms with Crippen LogP contribution in [0.1, 0.15) is 18.4 Å². The molecule has 1 aromatic carbocycles. The van der Waals surface area contributed by atoms with Crippen LogP contribution in [0.25, 0.3) is 0 Å². The van der Waals surface area contributed by atoms with Crippen molar-refractivity contribution in [2.45, 2.75) is 12.8 Å². The third kappa shape index (κ3) is 4.25. The van der Waals surface area contributed by atoms with E-state index in [9.17, 15) is 4.79 Å². The highest BCUT2D eigenvalue weighted by atomic mass is 16.5. The number of benzene rings is 1. The van der Waals surface area contributed by atoms with E-state index < -0.39 is 5.92 Å². The first kappa shape index (κ1) is 13.2. The number of carbonyl (C=O) groups excluding carboxylic acids is 1. The monoisotopic (exact) mass is 232 g/mol. The molecule has 90 valence electrons. The van der Waals surface area contributed by atoms with Gasteiger partial charge < -0.3 is 10.1 Å². The molecule has 0 heterocycles. The summed E-state index contributed by atoms with van der Waals surface area (Å²) in [5.41, 5.74) is 0.712. The van der Waals surface area contributed by atoms with E-state index in [-0.39, 0.29) is 5.91 Å². The maximum absolute atomic E-state index is 11.7. The zero-order valence-electron chi connectivity index (χ0n) is 9.85. The van der Waals surface area contributed by atoms with Crippen molar-refractivity contribution in [3.63, 3.8) is 0 Å². The zero-order chi connectivity index (χ0) is 12.5. The van der Waals surface area contributed by atoms with Gasteiger partial charge in [0.15, 0.2) is 0 Å². The van der Waals surface area contributed by atoms with E-state index in [2.05, 4.69) is 5.32 Å². The summed E-state index contributed by atoms with van der Waals surface area (Å²) in [7, 11) is 0. The van der Waals surface area contributed by atoms with Crippen molar-refractivity contribution >= 4 is 5.91 Å². The quantitative estimate of drug-likeness (QED) is 0.755. The molecule has 0 bridgehead atoms. The van der Waals surface area contributed by atoms with Crippen LogP contribution in [0.15, 0.2) is 30.3 Å². The second-order valence-corrected chi connectivity index (χ2v) is 3.46. The van der Waals surface area contributed by atoms with Crippen LogP contribution in [0, 0.1) is 11.3 Å². The Morgan fingerprint density at radius 3 is 2.76 bits per heavy atom. The first-order valence-electron chi connectivity index (χ1n) is 5.59. The van der Waals surface area contributed by atoms with Gasteiger partial charge in [-0.3, -0.25) is 4.79 Å². The highest BCUT2D eigenvalue weighted by molar-refractivity contribution is 5.86. The Labute approximate surface area is 101 Å². The van der Waals surface area contributed by atoms with Crippen LogP contribution in [0.4, 0.5) is 0 Å². The van der Waals surface area contributed by atoms with Crippen LogP contribution in [-0.2, 0) is 9.53 Å². The van der Waals surface area contributed by atoms with E-state index in [1.54, 1.807) is 12.1 Å². The van der Waals surface area contributed by atoms with Gasteiger partial charge in [0, 0.05) is 13.2 Å². The lowest BCUT2D eigenvalue weighted by Gasteiger charge is -2.10. The minimum atomic E-state index is -0.752. The number of nitrogens with zero attached hydrogens (tertiary/aromatic N) is 1. The van der Waals surface area contributed by atoms with E-state index in [0.29, 0.717) is 25.3 Å². The Balaban J connectivity index is 2.52. The summed E-state index contributed by atoms with van der Waals surface area (Å²) in [6, 6.07) is 11.0. The fourth-order valence-electron chi connectivity index (χ4n) is 1.42. The van der Waals surface area contributed by atoms with Crippen LogP contribution in [0.3, 0.4) is 0 Å². The Hall–Kier alpha value is -1.86. The topological polar surface area (TPSA) is 62.1 Å². The number of amides is 1. The summed E-state index contributed by atoms with van der Waals surface area (Å²) in [6.07, 6.45) is 0. The van der Waals surface area contributed by atoms with E-state index in [4.69, 9.17) is 10.00 Å². The van der Waals surface area contributed by atoms with Crippen LogP contribution >= 0.6 is 0 Å². The maximum Gasteiger partial charge on any atom is 0.241 e. The third-order valence-corrected chi connectivity index (χ3v) is 2.27. The van der Waals surface area contributed by atoms with Crippen LogP contribution in [-0.4, -0.2) is 25.7 Å². The van der Waals surface area contributed by atoms with Crippen molar-refractivity contribution in [1.29, 1.82) is 5.26 Å². The maximum atomic E-state index is 11.7. The molecule has 0 radical (unpaired) electrons. The van der Waals surface area contributed by atoms with Crippen molar-refractivity contribution in [3.8, 4) is 6.07 Å². The highest BCUT2D eigenvalue weighted by Crippen LogP contribution is 2.14. The molecule has 0 saturated heterocycles. The molecular weight excluding hydrogens is 216 g/mol. The van der Waals surface area contributed by atoms with Crippen molar-refractivity contribution in [3.05, 3.63) is 35.9 Å². The molecule has 0 saturated carbocycles. The molecule has 0 fully saturated rings. The van der Waals surface area contributed by atoms with Crippen molar-refractivity contribution in [2.75, 3.05) is 19.8 Å². The normalized spacial score (nSPS) is 11.5. The summed E-state index contributed by atoms with van der Waals surface area (Å²) < 4.78 is 5.11. The summed E-state index contributed by atoms with van der Waals surface area (Å²) >= 11 is 0. The predicted octanol–water partition coefficient (Wildman–Crippen LogP) is 1.45. The van der Waals surface area contributed by atoms with Crippen molar-refractivity contribution in [2.24, 2.45) is 0 Å². The van der Waals surface area contributed by atoms with Gasteiger partial charge in [-0.25, -0.2) is 0 Å². The predicted molar refractivity (Wildman–Crippen MR) is 64.3 cm³/mol. The lowest BCUT2D eigenvalue weighted by Crippen LogP contribution is -2.31. The van der Waals surface area contributed by atoms with Crippen molar-refractivity contribution < 1.29 is 9.53 Å². The van der Waals surface area contributed by atoms with Gasteiger partial charge in [-0.15, -0.1) is 0 Å². The fourth-order valence-corrected chi connectivity index (χ4v) is 1.42. The Kier molecular flexibility index (Phi) is 5.76. The molecular formula is C13H16N2O2. The number of nitriles is 1. The first-order chi connectivity index (χ1) is 8.29. The summed E-state index contributed by atoms with van der Waals surface area (Å²) in [6.45, 7) is 3.41. The molecule has 1 unspecified atom stereocenters. The van der Waals surface area contributed by atoms with Gasteiger partial charge in [-0.2, -0.15) is 5.26 Å². The molecule has 17 heavy (non-hydrogen) atoms.